The monoisotopic (exact) mass is 306 g/mol. The molecule has 2 fully saturated rings. The molecule has 0 aliphatic carbocycles. The Balaban J connectivity index is 1.50. The number of nitrogens with zero attached hydrogens (tertiary/aromatic N) is 4. The van der Waals surface area contributed by atoms with Gasteiger partial charge in [0.05, 0.1) is 0 Å². The normalized spacial score (nSPS) is 26.0. The van der Waals surface area contributed by atoms with E-state index in [-0.39, 0.29) is 0 Å². The van der Waals surface area contributed by atoms with Gasteiger partial charge in [-0.2, -0.15) is 4.98 Å². The van der Waals surface area contributed by atoms with E-state index in [0.717, 1.165) is 25.8 Å². The fraction of sp³-hybridized carbons (Fsp3) is 0.812. The van der Waals surface area contributed by atoms with Crippen LogP contribution in [0.2, 0.25) is 0 Å². The first-order valence-corrected chi connectivity index (χ1v) is 8.44. The maximum absolute atomic E-state index is 12.6. The molecule has 0 N–H and O–H groups in total. The maximum Gasteiger partial charge on any atom is 0.226 e. The molecule has 2 saturated heterocycles. The first kappa shape index (κ1) is 15.5. The van der Waals surface area contributed by atoms with Crippen molar-refractivity contribution in [3.8, 4) is 0 Å². The third-order valence-electron chi connectivity index (χ3n) is 4.99. The Kier molecular flexibility index (Phi) is 4.76. The predicted molar refractivity (Wildman–Crippen MR) is 82.4 cm³/mol. The largest absolute Gasteiger partial charge is 0.339 e. The Morgan fingerprint density at radius 3 is 2.73 bits per heavy atom. The van der Waals surface area contributed by atoms with Crippen LogP contribution in [0.25, 0.3) is 0 Å². The van der Waals surface area contributed by atoms with Gasteiger partial charge in [-0.25, -0.2) is 0 Å². The first-order chi connectivity index (χ1) is 10.6. The number of aryl methyl sites for hydroxylation is 2. The van der Waals surface area contributed by atoms with E-state index in [9.17, 15) is 4.79 Å². The fourth-order valence-electron chi connectivity index (χ4n) is 3.90. The van der Waals surface area contributed by atoms with Crippen molar-refractivity contribution in [3.63, 3.8) is 0 Å². The molecule has 0 saturated carbocycles. The number of likely N-dealkylation sites (tertiary alicyclic amines) is 2. The smallest absolute Gasteiger partial charge is 0.226 e. The highest BCUT2D eigenvalue weighted by molar-refractivity contribution is 5.76. The predicted octanol–water partition coefficient (Wildman–Crippen LogP) is 1.79. The standard InChI is InChI=1S/C16H26N4O2/c1-12-17-15(22-18-12)8-3-9-16(21)20-11-5-7-14(20)13-6-4-10-19(13)2/h13-14H,3-11H2,1-2H3/t13-,14+/m1/s1. The molecular formula is C16H26N4O2. The van der Waals surface area contributed by atoms with E-state index in [1.807, 2.05) is 6.92 Å². The molecule has 22 heavy (non-hydrogen) atoms. The van der Waals surface area contributed by atoms with Gasteiger partial charge in [-0.3, -0.25) is 4.79 Å². The van der Waals surface area contributed by atoms with E-state index in [1.54, 1.807) is 0 Å². The van der Waals surface area contributed by atoms with Crippen LogP contribution in [0.5, 0.6) is 0 Å². The lowest BCUT2D eigenvalue weighted by Gasteiger charge is -2.33. The number of aromatic nitrogens is 2. The minimum absolute atomic E-state index is 0.291. The molecule has 0 aromatic carbocycles. The quantitative estimate of drug-likeness (QED) is 0.830. The first-order valence-electron chi connectivity index (χ1n) is 8.44. The summed E-state index contributed by atoms with van der Waals surface area (Å²) in [6.07, 6.45) is 6.84. The summed E-state index contributed by atoms with van der Waals surface area (Å²) >= 11 is 0. The summed E-state index contributed by atoms with van der Waals surface area (Å²) in [5.74, 6) is 1.59. The number of rotatable bonds is 5. The van der Waals surface area contributed by atoms with Crippen molar-refractivity contribution in [2.75, 3.05) is 20.1 Å². The van der Waals surface area contributed by atoms with Crippen molar-refractivity contribution in [2.24, 2.45) is 0 Å². The van der Waals surface area contributed by atoms with E-state index in [0.29, 0.717) is 42.5 Å². The lowest BCUT2D eigenvalue weighted by molar-refractivity contribution is -0.133. The molecule has 3 rings (SSSR count). The molecule has 2 aliphatic heterocycles. The van der Waals surface area contributed by atoms with Crippen molar-refractivity contribution in [1.82, 2.24) is 19.9 Å². The van der Waals surface area contributed by atoms with Gasteiger partial charge < -0.3 is 14.3 Å². The molecule has 0 bridgehead atoms. The minimum Gasteiger partial charge on any atom is -0.339 e. The average Bonchev–Trinajstić information content (AvgIpc) is 3.19. The van der Waals surface area contributed by atoms with E-state index in [1.165, 1.54) is 19.4 Å². The van der Waals surface area contributed by atoms with Gasteiger partial charge in [0, 0.05) is 31.5 Å². The van der Waals surface area contributed by atoms with Crippen molar-refractivity contribution in [1.29, 1.82) is 0 Å². The van der Waals surface area contributed by atoms with Crippen molar-refractivity contribution in [3.05, 3.63) is 11.7 Å². The molecule has 1 aromatic rings. The van der Waals surface area contributed by atoms with Crippen LogP contribution in [0.3, 0.4) is 0 Å². The van der Waals surface area contributed by atoms with Gasteiger partial charge in [-0.05, 0) is 52.6 Å². The number of hydrogen-bond acceptors (Lipinski definition) is 5. The molecular weight excluding hydrogens is 280 g/mol. The second kappa shape index (κ2) is 6.77. The van der Waals surface area contributed by atoms with Crippen molar-refractivity contribution < 1.29 is 9.32 Å². The SMILES string of the molecule is Cc1noc(CCCC(=O)N2CCC[C@H]2[C@H]2CCCN2C)n1. The van der Waals surface area contributed by atoms with Gasteiger partial charge in [-0.1, -0.05) is 5.16 Å². The molecule has 2 atom stereocenters. The lowest BCUT2D eigenvalue weighted by atomic mass is 10.0. The summed E-state index contributed by atoms with van der Waals surface area (Å²) < 4.78 is 5.10. The van der Waals surface area contributed by atoms with Crippen LogP contribution in [0.15, 0.2) is 4.52 Å². The minimum atomic E-state index is 0.291. The van der Waals surface area contributed by atoms with Crippen LogP contribution in [0.4, 0.5) is 0 Å². The molecule has 1 aromatic heterocycles. The van der Waals surface area contributed by atoms with Gasteiger partial charge in [0.25, 0.3) is 0 Å². The molecule has 0 radical (unpaired) electrons. The van der Waals surface area contributed by atoms with Gasteiger partial charge >= 0.3 is 0 Å². The highest BCUT2D eigenvalue weighted by Gasteiger charge is 2.37. The maximum atomic E-state index is 12.6. The molecule has 1 amide bonds. The zero-order valence-electron chi connectivity index (χ0n) is 13.6. The summed E-state index contributed by atoms with van der Waals surface area (Å²) in [4.78, 5) is 21.3. The molecule has 3 heterocycles. The Morgan fingerprint density at radius 1 is 1.27 bits per heavy atom. The molecule has 6 heteroatoms. The second-order valence-corrected chi connectivity index (χ2v) is 6.58. The summed E-state index contributed by atoms with van der Waals surface area (Å²) in [6.45, 7) is 3.90. The second-order valence-electron chi connectivity index (χ2n) is 6.58. The molecule has 0 unspecified atom stereocenters. The number of carbonyl (C=O) groups is 1. The number of carbonyl (C=O) groups excluding carboxylic acids is 1. The number of likely N-dealkylation sites (N-methyl/N-ethyl adjacent to an activating group) is 1. The average molecular weight is 306 g/mol. The Labute approximate surface area is 131 Å². The molecule has 6 nitrogen and oxygen atoms in total. The Bertz CT molecular complexity index is 516. The zero-order valence-corrected chi connectivity index (χ0v) is 13.6. The van der Waals surface area contributed by atoms with Crippen LogP contribution < -0.4 is 0 Å². The summed E-state index contributed by atoms with van der Waals surface area (Å²) in [5.41, 5.74) is 0. The highest BCUT2D eigenvalue weighted by Crippen LogP contribution is 2.29. The topological polar surface area (TPSA) is 62.5 Å². The summed E-state index contributed by atoms with van der Waals surface area (Å²) in [7, 11) is 2.19. The van der Waals surface area contributed by atoms with E-state index in [2.05, 4.69) is 27.0 Å². The lowest BCUT2D eigenvalue weighted by Crippen LogP contribution is -2.47. The number of amides is 1. The van der Waals surface area contributed by atoms with E-state index < -0.39 is 0 Å². The van der Waals surface area contributed by atoms with Crippen LogP contribution in [-0.2, 0) is 11.2 Å². The van der Waals surface area contributed by atoms with Gasteiger partial charge in [0.15, 0.2) is 5.82 Å². The third-order valence-corrected chi connectivity index (χ3v) is 4.99. The van der Waals surface area contributed by atoms with Gasteiger partial charge in [0.1, 0.15) is 0 Å². The van der Waals surface area contributed by atoms with Crippen LogP contribution in [0.1, 0.15) is 50.2 Å². The summed E-state index contributed by atoms with van der Waals surface area (Å²) in [6, 6.07) is 0.982. The highest BCUT2D eigenvalue weighted by atomic mass is 16.5. The zero-order chi connectivity index (χ0) is 15.5. The Morgan fingerprint density at radius 2 is 2.05 bits per heavy atom. The van der Waals surface area contributed by atoms with Gasteiger partial charge in [-0.15, -0.1) is 0 Å². The van der Waals surface area contributed by atoms with Crippen LogP contribution >= 0.6 is 0 Å². The van der Waals surface area contributed by atoms with Crippen LogP contribution in [-0.4, -0.2) is 58.1 Å². The summed E-state index contributed by atoms with van der Waals surface area (Å²) in [5, 5.41) is 3.78. The van der Waals surface area contributed by atoms with E-state index in [4.69, 9.17) is 4.52 Å². The molecule has 0 spiro atoms. The Hall–Kier alpha value is -1.43. The van der Waals surface area contributed by atoms with Crippen molar-refractivity contribution in [2.45, 2.75) is 64.0 Å². The van der Waals surface area contributed by atoms with Crippen LogP contribution in [0, 0.1) is 6.92 Å². The van der Waals surface area contributed by atoms with E-state index >= 15 is 0 Å². The van der Waals surface area contributed by atoms with Crippen molar-refractivity contribution >= 4 is 5.91 Å². The number of hydrogen-bond donors (Lipinski definition) is 0. The third kappa shape index (κ3) is 3.32. The fourth-order valence-corrected chi connectivity index (χ4v) is 3.90. The molecule has 122 valence electrons. The van der Waals surface area contributed by atoms with Gasteiger partial charge in [0.2, 0.25) is 11.8 Å². The molecule has 2 aliphatic rings.